The van der Waals surface area contributed by atoms with E-state index in [2.05, 4.69) is 11.1 Å². The quantitative estimate of drug-likeness (QED) is 0.689. The maximum Gasteiger partial charge on any atom is 0.134 e. The number of benzene rings is 1. The van der Waals surface area contributed by atoms with E-state index in [1.54, 1.807) is 24.6 Å². The van der Waals surface area contributed by atoms with Crippen molar-refractivity contribution in [2.24, 2.45) is 0 Å². The molecule has 2 heterocycles. The summed E-state index contributed by atoms with van der Waals surface area (Å²) in [6.07, 6.45) is 3.43. The summed E-state index contributed by atoms with van der Waals surface area (Å²) in [5.41, 5.74) is 3.31. The lowest BCUT2D eigenvalue weighted by Crippen LogP contribution is -1.78. The third-order valence-electron chi connectivity index (χ3n) is 2.84. The molecular weight excluding hydrogens is 236 g/mol. The molecule has 0 amide bonds. The van der Waals surface area contributed by atoms with Crippen molar-refractivity contribution in [2.75, 3.05) is 0 Å². The molecule has 0 aliphatic carbocycles. The minimum absolute atomic E-state index is 0.619. The first kappa shape index (κ1) is 11.2. The molecule has 0 saturated carbocycles. The Morgan fingerprint density at radius 1 is 1.00 bits per heavy atom. The van der Waals surface area contributed by atoms with Gasteiger partial charge in [-0.2, -0.15) is 5.26 Å². The Hall–Kier alpha value is -2.86. The molecule has 0 unspecified atom stereocenters. The van der Waals surface area contributed by atoms with Crippen molar-refractivity contribution in [3.63, 3.8) is 0 Å². The van der Waals surface area contributed by atoms with Crippen LogP contribution in [0.2, 0.25) is 0 Å². The van der Waals surface area contributed by atoms with Crippen LogP contribution in [0.25, 0.3) is 22.6 Å². The molecule has 0 saturated heterocycles. The number of hydrogen-bond donors (Lipinski definition) is 0. The average Bonchev–Trinajstić information content (AvgIpc) is 2.98. The molecule has 0 radical (unpaired) electrons. The van der Waals surface area contributed by atoms with Crippen LogP contribution in [0.15, 0.2) is 65.4 Å². The monoisotopic (exact) mass is 246 g/mol. The summed E-state index contributed by atoms with van der Waals surface area (Å²) in [6.45, 7) is 0. The van der Waals surface area contributed by atoms with Gasteiger partial charge in [0.2, 0.25) is 0 Å². The summed E-state index contributed by atoms with van der Waals surface area (Å²) in [5, 5.41) is 8.90. The Labute approximate surface area is 110 Å². The van der Waals surface area contributed by atoms with Crippen molar-refractivity contribution >= 4 is 0 Å². The molecule has 0 atom stereocenters. The van der Waals surface area contributed by atoms with E-state index in [4.69, 9.17) is 9.68 Å². The van der Waals surface area contributed by atoms with Crippen LogP contribution in [0.1, 0.15) is 5.56 Å². The van der Waals surface area contributed by atoms with E-state index in [1.165, 1.54) is 0 Å². The van der Waals surface area contributed by atoms with Crippen molar-refractivity contribution in [3.05, 3.63) is 66.6 Å². The molecule has 1 aromatic carbocycles. The first-order chi connectivity index (χ1) is 9.36. The molecule has 3 aromatic rings. The van der Waals surface area contributed by atoms with Crippen molar-refractivity contribution in [3.8, 4) is 28.7 Å². The number of nitriles is 1. The lowest BCUT2D eigenvalue weighted by molar-refractivity contribution is 0.583. The molecule has 0 spiro atoms. The largest absolute Gasteiger partial charge is 0.464 e. The molecule has 90 valence electrons. The topological polar surface area (TPSA) is 49.8 Å². The zero-order valence-electron chi connectivity index (χ0n) is 10.1. The predicted molar refractivity (Wildman–Crippen MR) is 72.1 cm³/mol. The van der Waals surface area contributed by atoms with Gasteiger partial charge in [-0.3, -0.25) is 4.98 Å². The van der Waals surface area contributed by atoms with Gasteiger partial charge in [0.15, 0.2) is 0 Å². The van der Waals surface area contributed by atoms with E-state index >= 15 is 0 Å². The first-order valence-electron chi connectivity index (χ1n) is 5.87. The highest BCUT2D eigenvalue weighted by Crippen LogP contribution is 2.27. The minimum Gasteiger partial charge on any atom is -0.464 e. The molecule has 3 rings (SSSR count). The molecule has 0 bridgehead atoms. The Morgan fingerprint density at radius 2 is 1.95 bits per heavy atom. The van der Waals surface area contributed by atoms with E-state index in [9.17, 15) is 0 Å². The maximum atomic E-state index is 8.90. The van der Waals surface area contributed by atoms with Gasteiger partial charge in [-0.05, 0) is 30.3 Å². The van der Waals surface area contributed by atoms with Crippen molar-refractivity contribution < 1.29 is 4.42 Å². The maximum absolute atomic E-state index is 8.90. The summed E-state index contributed by atoms with van der Waals surface area (Å²) < 4.78 is 5.56. The van der Waals surface area contributed by atoms with Gasteiger partial charge in [-0.1, -0.05) is 18.2 Å². The molecule has 0 aliphatic heterocycles. The molecule has 0 aliphatic rings. The third-order valence-corrected chi connectivity index (χ3v) is 2.84. The third kappa shape index (κ3) is 2.24. The molecule has 3 nitrogen and oxygen atoms in total. The second-order valence-corrected chi connectivity index (χ2v) is 4.11. The van der Waals surface area contributed by atoms with E-state index < -0.39 is 0 Å². The van der Waals surface area contributed by atoms with E-state index in [1.807, 2.05) is 36.4 Å². The van der Waals surface area contributed by atoms with Crippen LogP contribution in [0.4, 0.5) is 0 Å². The van der Waals surface area contributed by atoms with Crippen LogP contribution in [-0.2, 0) is 0 Å². The summed E-state index contributed by atoms with van der Waals surface area (Å²) in [6, 6.07) is 17.1. The second-order valence-electron chi connectivity index (χ2n) is 4.11. The molecule has 3 heteroatoms. The Balaban J connectivity index is 2.00. The van der Waals surface area contributed by atoms with Crippen LogP contribution < -0.4 is 0 Å². The molecule has 0 fully saturated rings. The van der Waals surface area contributed by atoms with Gasteiger partial charge >= 0.3 is 0 Å². The Kier molecular flexibility index (Phi) is 2.83. The van der Waals surface area contributed by atoms with Gasteiger partial charge in [-0.25, -0.2) is 0 Å². The van der Waals surface area contributed by atoms with Gasteiger partial charge in [0, 0.05) is 17.3 Å². The Bertz CT molecular complexity index is 739. The number of nitrogens with zero attached hydrogens (tertiary/aromatic N) is 2. The lowest BCUT2D eigenvalue weighted by atomic mass is 10.1. The standard InChI is InChI=1S/C16H10N2O/c17-10-12-4-3-5-13(8-12)16-9-14(11-19-16)15-6-1-2-7-18-15/h1-9,11H. The summed E-state index contributed by atoms with van der Waals surface area (Å²) in [5.74, 6) is 0.734. The zero-order valence-corrected chi connectivity index (χ0v) is 10.1. The highest BCUT2D eigenvalue weighted by molar-refractivity contribution is 5.68. The summed E-state index contributed by atoms with van der Waals surface area (Å²) >= 11 is 0. The SMILES string of the molecule is N#Cc1cccc(-c2cc(-c3ccccn3)co2)c1. The van der Waals surface area contributed by atoms with Crippen LogP contribution in [0.5, 0.6) is 0 Å². The fourth-order valence-corrected chi connectivity index (χ4v) is 1.90. The zero-order chi connectivity index (χ0) is 13.1. The first-order valence-corrected chi connectivity index (χ1v) is 5.87. The van der Waals surface area contributed by atoms with Crippen molar-refractivity contribution in [1.82, 2.24) is 4.98 Å². The number of pyridine rings is 1. The average molecular weight is 246 g/mol. The van der Waals surface area contributed by atoms with E-state index in [0.717, 1.165) is 22.6 Å². The number of aromatic nitrogens is 1. The van der Waals surface area contributed by atoms with Crippen LogP contribution in [0.3, 0.4) is 0 Å². The second kappa shape index (κ2) is 4.79. The van der Waals surface area contributed by atoms with Gasteiger partial charge in [0.05, 0.1) is 17.3 Å². The van der Waals surface area contributed by atoms with Crippen LogP contribution in [-0.4, -0.2) is 4.98 Å². The highest BCUT2D eigenvalue weighted by Gasteiger charge is 2.07. The predicted octanol–water partition coefficient (Wildman–Crippen LogP) is 3.88. The van der Waals surface area contributed by atoms with Gasteiger partial charge in [0.1, 0.15) is 12.0 Å². The summed E-state index contributed by atoms with van der Waals surface area (Å²) in [7, 11) is 0. The van der Waals surface area contributed by atoms with Gasteiger partial charge < -0.3 is 4.42 Å². The minimum atomic E-state index is 0.619. The van der Waals surface area contributed by atoms with Crippen molar-refractivity contribution in [2.45, 2.75) is 0 Å². The highest BCUT2D eigenvalue weighted by atomic mass is 16.3. The van der Waals surface area contributed by atoms with Gasteiger partial charge in [-0.15, -0.1) is 0 Å². The molecule has 0 N–H and O–H groups in total. The fourth-order valence-electron chi connectivity index (χ4n) is 1.90. The van der Waals surface area contributed by atoms with E-state index in [0.29, 0.717) is 5.56 Å². The summed E-state index contributed by atoms with van der Waals surface area (Å²) in [4.78, 5) is 4.28. The molecule has 2 aromatic heterocycles. The van der Waals surface area contributed by atoms with E-state index in [-0.39, 0.29) is 0 Å². The normalized spacial score (nSPS) is 10.1. The fraction of sp³-hybridized carbons (Fsp3) is 0. The number of hydrogen-bond acceptors (Lipinski definition) is 3. The van der Waals surface area contributed by atoms with Gasteiger partial charge in [0.25, 0.3) is 0 Å². The van der Waals surface area contributed by atoms with Crippen LogP contribution in [0, 0.1) is 11.3 Å². The smallest absolute Gasteiger partial charge is 0.134 e. The molecular formula is C16H10N2O. The van der Waals surface area contributed by atoms with Crippen molar-refractivity contribution in [1.29, 1.82) is 5.26 Å². The number of rotatable bonds is 2. The Morgan fingerprint density at radius 3 is 2.74 bits per heavy atom. The van der Waals surface area contributed by atoms with Crippen LogP contribution >= 0.6 is 0 Å². The lowest BCUT2D eigenvalue weighted by Gasteiger charge is -1.96. The molecule has 19 heavy (non-hydrogen) atoms. The number of furan rings is 1.